The number of fused-ring (bicyclic) bond motifs is 1. The van der Waals surface area contributed by atoms with E-state index in [4.69, 9.17) is 5.26 Å². The van der Waals surface area contributed by atoms with Crippen LogP contribution in [0.3, 0.4) is 0 Å². The number of anilines is 1. The predicted octanol–water partition coefficient (Wildman–Crippen LogP) is 2.80. The Labute approximate surface area is 88.7 Å². The molecule has 3 heteroatoms. The summed E-state index contributed by atoms with van der Waals surface area (Å²) < 4.78 is 0. The highest BCUT2D eigenvalue weighted by Gasteiger charge is 2.05. The second kappa shape index (κ2) is 4.05. The first-order valence-corrected chi connectivity index (χ1v) is 5.01. The van der Waals surface area contributed by atoms with Gasteiger partial charge in [-0.15, -0.1) is 0 Å². The lowest BCUT2D eigenvalue weighted by atomic mass is 10.2. The van der Waals surface area contributed by atoms with E-state index in [1.807, 2.05) is 19.1 Å². The van der Waals surface area contributed by atoms with Gasteiger partial charge in [-0.05, 0) is 13.0 Å². The molecule has 0 bridgehead atoms. The van der Waals surface area contributed by atoms with Gasteiger partial charge in [0.15, 0.2) is 0 Å². The lowest BCUT2D eigenvalue weighted by Gasteiger charge is -2.03. The van der Waals surface area contributed by atoms with Crippen molar-refractivity contribution in [3.63, 3.8) is 0 Å². The average Bonchev–Trinajstić information content (AvgIpc) is 2.56. The van der Waals surface area contributed by atoms with Crippen LogP contribution in [0.5, 0.6) is 0 Å². The van der Waals surface area contributed by atoms with Crippen LogP contribution in [0.4, 0.5) is 5.69 Å². The van der Waals surface area contributed by atoms with E-state index in [0.717, 1.165) is 16.9 Å². The van der Waals surface area contributed by atoms with Gasteiger partial charge in [-0.2, -0.15) is 5.26 Å². The van der Waals surface area contributed by atoms with Gasteiger partial charge in [0.25, 0.3) is 0 Å². The first-order valence-electron chi connectivity index (χ1n) is 5.01. The number of aromatic amines is 1. The number of H-pyrrole nitrogens is 1. The maximum absolute atomic E-state index is 8.48. The quantitative estimate of drug-likeness (QED) is 0.747. The molecule has 76 valence electrons. The molecule has 0 aliphatic rings. The van der Waals surface area contributed by atoms with Crippen molar-refractivity contribution in [1.29, 1.82) is 5.26 Å². The van der Waals surface area contributed by atoms with Gasteiger partial charge in [0.1, 0.15) is 0 Å². The maximum atomic E-state index is 8.48. The smallest absolute Gasteiger partial charge is 0.0640 e. The van der Waals surface area contributed by atoms with Crippen LogP contribution in [0.2, 0.25) is 0 Å². The van der Waals surface area contributed by atoms with Crippen molar-refractivity contribution >= 4 is 16.6 Å². The van der Waals surface area contributed by atoms with Crippen LogP contribution < -0.4 is 5.32 Å². The fraction of sp³-hybridized carbons (Fsp3) is 0.250. The lowest BCUT2D eigenvalue weighted by molar-refractivity contribution is 1.07. The Morgan fingerprint density at radius 2 is 2.20 bits per heavy atom. The minimum absolute atomic E-state index is 0.527. The number of nitrogens with zero attached hydrogens (tertiary/aromatic N) is 1. The second-order valence-electron chi connectivity index (χ2n) is 3.51. The number of nitriles is 1. The van der Waals surface area contributed by atoms with Crippen molar-refractivity contribution in [2.45, 2.75) is 13.3 Å². The molecule has 0 atom stereocenters. The summed E-state index contributed by atoms with van der Waals surface area (Å²) >= 11 is 0. The van der Waals surface area contributed by atoms with Gasteiger partial charge in [0.2, 0.25) is 0 Å². The largest absolute Gasteiger partial charge is 0.382 e. The molecular weight excluding hydrogens is 186 g/mol. The Morgan fingerprint density at radius 1 is 1.40 bits per heavy atom. The molecule has 1 aromatic carbocycles. The normalized spacial score (nSPS) is 10.1. The highest BCUT2D eigenvalue weighted by atomic mass is 14.9. The topological polar surface area (TPSA) is 51.6 Å². The summed E-state index contributed by atoms with van der Waals surface area (Å²) in [5.74, 6) is 0. The fourth-order valence-corrected chi connectivity index (χ4v) is 1.75. The van der Waals surface area contributed by atoms with Gasteiger partial charge in [-0.3, -0.25) is 0 Å². The number of benzene rings is 1. The first-order chi connectivity index (χ1) is 7.33. The second-order valence-corrected chi connectivity index (χ2v) is 3.51. The zero-order valence-corrected chi connectivity index (χ0v) is 8.67. The van der Waals surface area contributed by atoms with Crippen LogP contribution in [-0.4, -0.2) is 11.5 Å². The standard InChI is InChI=1S/C12H13N3/c1-9-12(14-8-4-7-13)10-5-2-3-6-11(10)15-9/h2-3,5-6,14-15H,4,8H2,1H3. The van der Waals surface area contributed by atoms with E-state index in [9.17, 15) is 0 Å². The van der Waals surface area contributed by atoms with Gasteiger partial charge in [0.05, 0.1) is 18.2 Å². The van der Waals surface area contributed by atoms with E-state index in [1.165, 1.54) is 5.39 Å². The van der Waals surface area contributed by atoms with Crippen LogP contribution in [0.1, 0.15) is 12.1 Å². The van der Waals surface area contributed by atoms with Crippen LogP contribution in [0.15, 0.2) is 24.3 Å². The number of aryl methyl sites for hydroxylation is 1. The molecule has 0 aliphatic carbocycles. The van der Waals surface area contributed by atoms with Crippen LogP contribution >= 0.6 is 0 Å². The summed E-state index contributed by atoms with van der Waals surface area (Å²) in [6.07, 6.45) is 0.527. The first kappa shape index (κ1) is 9.60. The minimum Gasteiger partial charge on any atom is -0.382 e. The average molecular weight is 199 g/mol. The van der Waals surface area contributed by atoms with Crippen molar-refractivity contribution in [2.75, 3.05) is 11.9 Å². The van der Waals surface area contributed by atoms with Crippen molar-refractivity contribution in [2.24, 2.45) is 0 Å². The fourth-order valence-electron chi connectivity index (χ4n) is 1.75. The molecule has 1 heterocycles. The van der Waals surface area contributed by atoms with Gasteiger partial charge in [-0.1, -0.05) is 18.2 Å². The molecule has 0 spiro atoms. The summed E-state index contributed by atoms with van der Waals surface area (Å²) in [5, 5.41) is 13.0. The summed E-state index contributed by atoms with van der Waals surface area (Å²) in [7, 11) is 0. The molecule has 0 fully saturated rings. The number of nitrogens with one attached hydrogen (secondary N) is 2. The number of para-hydroxylation sites is 1. The Kier molecular flexibility index (Phi) is 2.59. The van der Waals surface area contributed by atoms with E-state index in [-0.39, 0.29) is 0 Å². The minimum atomic E-state index is 0.527. The molecule has 0 saturated heterocycles. The molecule has 0 saturated carbocycles. The third-order valence-corrected chi connectivity index (χ3v) is 2.43. The molecule has 2 N–H and O–H groups in total. The Balaban J connectivity index is 2.33. The van der Waals surface area contributed by atoms with E-state index in [2.05, 4.69) is 28.5 Å². The molecule has 0 aliphatic heterocycles. The molecule has 3 nitrogen and oxygen atoms in total. The van der Waals surface area contributed by atoms with Crippen LogP contribution in [0.25, 0.3) is 10.9 Å². The predicted molar refractivity (Wildman–Crippen MR) is 61.8 cm³/mol. The summed E-state index contributed by atoms with van der Waals surface area (Å²) in [6, 6.07) is 10.3. The van der Waals surface area contributed by atoms with Gasteiger partial charge in [0, 0.05) is 23.1 Å². The zero-order valence-electron chi connectivity index (χ0n) is 8.67. The number of rotatable bonds is 3. The van der Waals surface area contributed by atoms with E-state index < -0.39 is 0 Å². The van der Waals surface area contributed by atoms with Crippen molar-refractivity contribution in [3.05, 3.63) is 30.0 Å². The van der Waals surface area contributed by atoms with E-state index >= 15 is 0 Å². The van der Waals surface area contributed by atoms with Gasteiger partial charge >= 0.3 is 0 Å². The molecule has 2 rings (SSSR count). The third kappa shape index (κ3) is 1.79. The van der Waals surface area contributed by atoms with Crippen LogP contribution in [-0.2, 0) is 0 Å². The molecule has 15 heavy (non-hydrogen) atoms. The van der Waals surface area contributed by atoms with Crippen LogP contribution in [0, 0.1) is 18.3 Å². The summed E-state index contributed by atoms with van der Waals surface area (Å²) in [5.41, 5.74) is 3.37. The van der Waals surface area contributed by atoms with Gasteiger partial charge in [-0.25, -0.2) is 0 Å². The third-order valence-electron chi connectivity index (χ3n) is 2.43. The van der Waals surface area contributed by atoms with E-state index in [0.29, 0.717) is 13.0 Å². The van der Waals surface area contributed by atoms with E-state index in [1.54, 1.807) is 0 Å². The monoisotopic (exact) mass is 199 g/mol. The van der Waals surface area contributed by atoms with Gasteiger partial charge < -0.3 is 10.3 Å². The molecule has 0 radical (unpaired) electrons. The maximum Gasteiger partial charge on any atom is 0.0640 e. The lowest BCUT2D eigenvalue weighted by Crippen LogP contribution is -2.00. The van der Waals surface area contributed by atoms with Crippen molar-refractivity contribution in [3.8, 4) is 6.07 Å². The molecule has 0 unspecified atom stereocenters. The number of aromatic nitrogens is 1. The summed E-state index contributed by atoms with van der Waals surface area (Å²) in [4.78, 5) is 3.31. The molecule has 2 aromatic rings. The number of hydrogen-bond acceptors (Lipinski definition) is 2. The highest BCUT2D eigenvalue weighted by Crippen LogP contribution is 2.26. The molecule has 0 amide bonds. The molecule has 1 aromatic heterocycles. The number of hydrogen-bond donors (Lipinski definition) is 2. The molecular formula is C12H13N3. The zero-order chi connectivity index (χ0) is 10.7. The highest BCUT2D eigenvalue weighted by molar-refractivity contribution is 5.94. The Morgan fingerprint density at radius 3 is 3.00 bits per heavy atom. The SMILES string of the molecule is Cc1[nH]c2ccccc2c1NCCC#N. The Hall–Kier alpha value is -1.95. The summed E-state index contributed by atoms with van der Waals surface area (Å²) in [6.45, 7) is 2.73. The van der Waals surface area contributed by atoms with Crippen molar-refractivity contribution in [1.82, 2.24) is 4.98 Å². The van der Waals surface area contributed by atoms with Crippen molar-refractivity contribution < 1.29 is 0 Å². The Bertz CT molecular complexity index is 505.